The number of carbonyl (C=O) groups excluding carboxylic acids is 1. The number of benzene rings is 1. The highest BCUT2D eigenvalue weighted by Gasteiger charge is 2.53. The summed E-state index contributed by atoms with van der Waals surface area (Å²) >= 11 is 0. The fourth-order valence-corrected chi connectivity index (χ4v) is 4.24. The summed E-state index contributed by atoms with van der Waals surface area (Å²) in [5.74, 6) is -0.00198. The number of hydrogen-bond donors (Lipinski definition) is 0. The molecule has 26 heavy (non-hydrogen) atoms. The van der Waals surface area contributed by atoms with Crippen molar-refractivity contribution >= 4 is 5.97 Å². The first-order chi connectivity index (χ1) is 12.3. The van der Waals surface area contributed by atoms with E-state index in [9.17, 15) is 4.79 Å². The topological polar surface area (TPSA) is 38.8 Å². The van der Waals surface area contributed by atoms with Gasteiger partial charge in [0.25, 0.3) is 0 Å². The lowest BCUT2D eigenvalue weighted by molar-refractivity contribution is -0.175. The molecule has 0 aliphatic carbocycles. The highest BCUT2D eigenvalue weighted by molar-refractivity contribution is 5.89. The molecule has 0 bridgehead atoms. The Labute approximate surface area is 158 Å². The molecule has 1 fully saturated rings. The minimum absolute atomic E-state index is 0.0614. The molecule has 4 nitrogen and oxygen atoms in total. The second-order valence-corrected chi connectivity index (χ2v) is 7.91. The number of rotatable bonds is 7. The molecule has 0 aromatic heterocycles. The van der Waals surface area contributed by atoms with Crippen LogP contribution in [-0.2, 0) is 9.47 Å². The number of carbonyl (C=O) groups is 1. The van der Waals surface area contributed by atoms with Gasteiger partial charge in [0.05, 0.1) is 12.3 Å². The lowest BCUT2D eigenvalue weighted by Crippen LogP contribution is -2.68. The van der Waals surface area contributed by atoms with Gasteiger partial charge in [0.2, 0.25) is 0 Å². The molecule has 1 saturated heterocycles. The molecule has 1 aliphatic rings. The maximum atomic E-state index is 12.7. The zero-order valence-electron chi connectivity index (χ0n) is 17.2. The summed E-state index contributed by atoms with van der Waals surface area (Å²) in [6, 6.07) is 9.28. The zero-order chi connectivity index (χ0) is 19.4. The Hall–Kier alpha value is -1.39. The van der Waals surface area contributed by atoms with Gasteiger partial charge >= 0.3 is 5.97 Å². The van der Waals surface area contributed by atoms with Crippen LogP contribution in [0.2, 0.25) is 0 Å². The fourth-order valence-electron chi connectivity index (χ4n) is 4.24. The Morgan fingerprint density at radius 3 is 2.35 bits per heavy atom. The second-order valence-electron chi connectivity index (χ2n) is 7.91. The largest absolute Gasteiger partial charge is 0.458 e. The lowest BCUT2D eigenvalue weighted by atomic mass is 9.68. The Morgan fingerprint density at radius 1 is 1.15 bits per heavy atom. The van der Waals surface area contributed by atoms with E-state index in [1.807, 2.05) is 37.3 Å². The highest BCUT2D eigenvalue weighted by atomic mass is 16.5. The lowest BCUT2D eigenvalue weighted by Gasteiger charge is -2.60. The molecule has 0 saturated carbocycles. The van der Waals surface area contributed by atoms with Crippen molar-refractivity contribution < 1.29 is 14.3 Å². The van der Waals surface area contributed by atoms with Crippen LogP contribution >= 0.6 is 0 Å². The van der Waals surface area contributed by atoms with Gasteiger partial charge in [0, 0.05) is 30.0 Å². The van der Waals surface area contributed by atoms with Crippen molar-refractivity contribution in [2.45, 2.75) is 78.0 Å². The number of hydrogen-bond acceptors (Lipinski definition) is 4. The Morgan fingerprint density at radius 2 is 1.81 bits per heavy atom. The normalized spacial score (nSPS) is 32.4. The zero-order valence-corrected chi connectivity index (χ0v) is 17.2. The monoisotopic (exact) mass is 361 g/mol. The molecule has 0 radical (unpaired) electrons. The van der Waals surface area contributed by atoms with E-state index < -0.39 is 0 Å². The molecule has 2 rings (SSSR count). The van der Waals surface area contributed by atoms with Crippen molar-refractivity contribution in [2.75, 3.05) is 13.3 Å². The van der Waals surface area contributed by atoms with Crippen LogP contribution in [0, 0.1) is 5.92 Å². The summed E-state index contributed by atoms with van der Waals surface area (Å²) in [4.78, 5) is 15.2. The SMILES string of the molecule is CCOCN1C(C)(CC)CC(OC(=O)c2ccccc2)C(C)C1(C)CC. The number of piperidine rings is 1. The summed E-state index contributed by atoms with van der Waals surface area (Å²) in [6.07, 6.45) is 2.69. The van der Waals surface area contributed by atoms with E-state index in [2.05, 4.69) is 39.5 Å². The van der Waals surface area contributed by atoms with Crippen molar-refractivity contribution in [2.24, 2.45) is 5.92 Å². The first kappa shape index (κ1) is 20.9. The molecular formula is C22H35NO3. The smallest absolute Gasteiger partial charge is 0.338 e. The standard InChI is InChI=1S/C22H35NO3/c1-7-21(5)15-19(26-20(24)18-13-11-10-12-14-18)17(4)22(6,8-2)23(21)16-25-9-3/h10-14,17,19H,7-9,15-16H2,1-6H3. The maximum Gasteiger partial charge on any atom is 0.338 e. The van der Waals surface area contributed by atoms with Gasteiger partial charge in [-0.15, -0.1) is 0 Å². The molecule has 1 aliphatic heterocycles. The van der Waals surface area contributed by atoms with E-state index in [4.69, 9.17) is 9.47 Å². The molecule has 0 spiro atoms. The number of likely N-dealkylation sites (tertiary alicyclic amines) is 1. The third-order valence-electron chi connectivity index (χ3n) is 6.62. The van der Waals surface area contributed by atoms with E-state index in [1.165, 1.54) is 0 Å². The summed E-state index contributed by atoms with van der Waals surface area (Å²) < 4.78 is 11.9. The first-order valence-corrected chi connectivity index (χ1v) is 9.94. The van der Waals surface area contributed by atoms with Gasteiger partial charge in [-0.2, -0.15) is 0 Å². The van der Waals surface area contributed by atoms with Crippen LogP contribution in [0.3, 0.4) is 0 Å². The molecule has 1 aromatic carbocycles. The molecule has 4 unspecified atom stereocenters. The Kier molecular flexibility index (Phi) is 6.86. The van der Waals surface area contributed by atoms with Crippen LogP contribution < -0.4 is 0 Å². The van der Waals surface area contributed by atoms with Crippen LogP contribution in [0.25, 0.3) is 0 Å². The minimum Gasteiger partial charge on any atom is -0.458 e. The minimum atomic E-state index is -0.224. The van der Waals surface area contributed by atoms with Crippen molar-refractivity contribution in [3.05, 3.63) is 35.9 Å². The second kappa shape index (κ2) is 8.53. The van der Waals surface area contributed by atoms with Gasteiger partial charge in [-0.3, -0.25) is 4.90 Å². The van der Waals surface area contributed by atoms with E-state index in [1.54, 1.807) is 0 Å². The van der Waals surface area contributed by atoms with Crippen molar-refractivity contribution in [1.82, 2.24) is 4.90 Å². The summed E-state index contributed by atoms with van der Waals surface area (Å²) in [6.45, 7) is 14.5. The van der Waals surface area contributed by atoms with Gasteiger partial charge < -0.3 is 9.47 Å². The summed E-state index contributed by atoms with van der Waals surface area (Å²) in [7, 11) is 0. The van der Waals surface area contributed by atoms with Gasteiger partial charge in [0.1, 0.15) is 6.10 Å². The molecular weight excluding hydrogens is 326 g/mol. The molecule has 146 valence electrons. The number of nitrogens with zero attached hydrogens (tertiary/aromatic N) is 1. The quantitative estimate of drug-likeness (QED) is 0.649. The van der Waals surface area contributed by atoms with E-state index in [0.29, 0.717) is 18.9 Å². The van der Waals surface area contributed by atoms with Crippen LogP contribution in [0.5, 0.6) is 0 Å². The summed E-state index contributed by atoms with van der Waals surface area (Å²) in [5.41, 5.74) is 0.473. The van der Waals surface area contributed by atoms with Crippen LogP contribution in [0.4, 0.5) is 0 Å². The third kappa shape index (κ3) is 3.96. The van der Waals surface area contributed by atoms with Crippen LogP contribution in [0.15, 0.2) is 30.3 Å². The first-order valence-electron chi connectivity index (χ1n) is 9.94. The predicted octanol–water partition coefficient (Wildman–Crippen LogP) is 4.89. The van der Waals surface area contributed by atoms with Crippen LogP contribution in [-0.4, -0.2) is 41.4 Å². The molecule has 1 heterocycles. The van der Waals surface area contributed by atoms with E-state index in [-0.39, 0.29) is 29.1 Å². The average molecular weight is 362 g/mol. The van der Waals surface area contributed by atoms with E-state index in [0.717, 1.165) is 19.3 Å². The Bertz CT molecular complexity index is 590. The Balaban J connectivity index is 2.28. The number of esters is 1. The predicted molar refractivity (Wildman–Crippen MR) is 105 cm³/mol. The van der Waals surface area contributed by atoms with Crippen molar-refractivity contribution in [1.29, 1.82) is 0 Å². The molecule has 4 atom stereocenters. The van der Waals surface area contributed by atoms with Crippen molar-refractivity contribution in [3.63, 3.8) is 0 Å². The van der Waals surface area contributed by atoms with Crippen LogP contribution in [0.1, 0.15) is 71.2 Å². The maximum absolute atomic E-state index is 12.7. The molecule has 4 heteroatoms. The number of ether oxygens (including phenoxy) is 2. The van der Waals surface area contributed by atoms with Crippen molar-refractivity contribution in [3.8, 4) is 0 Å². The molecule has 0 N–H and O–H groups in total. The fraction of sp³-hybridized carbons (Fsp3) is 0.682. The average Bonchev–Trinajstić information content (AvgIpc) is 2.66. The van der Waals surface area contributed by atoms with Gasteiger partial charge in [-0.1, -0.05) is 39.0 Å². The molecule has 0 amide bonds. The van der Waals surface area contributed by atoms with E-state index >= 15 is 0 Å². The van der Waals surface area contributed by atoms with Gasteiger partial charge in [0.15, 0.2) is 0 Å². The van der Waals surface area contributed by atoms with Gasteiger partial charge in [-0.25, -0.2) is 4.79 Å². The van der Waals surface area contributed by atoms with Gasteiger partial charge in [-0.05, 0) is 45.7 Å². The highest BCUT2D eigenvalue weighted by Crippen LogP contribution is 2.46. The third-order valence-corrected chi connectivity index (χ3v) is 6.62. The summed E-state index contributed by atoms with van der Waals surface area (Å²) in [5, 5.41) is 0. The molecule has 1 aromatic rings.